The molecule has 1 aromatic heterocycles. The second kappa shape index (κ2) is 16.6. The normalized spacial score (nSPS) is 11.7. The summed E-state index contributed by atoms with van der Waals surface area (Å²) in [7, 11) is 0. The highest BCUT2D eigenvalue weighted by atomic mass is 32.2. The third-order valence-corrected chi connectivity index (χ3v) is 9.63. The van der Waals surface area contributed by atoms with Crippen molar-refractivity contribution < 1.29 is 23.7 Å². The van der Waals surface area contributed by atoms with Crippen molar-refractivity contribution in [2.45, 2.75) is 10.1 Å². The largest absolute Gasteiger partial charge is 0.436 e. The van der Waals surface area contributed by atoms with E-state index in [0.717, 1.165) is 21.5 Å². The average molecular weight is 746 g/mol. The van der Waals surface area contributed by atoms with Crippen LogP contribution in [0.2, 0.25) is 0 Å². The number of nitrogens with one attached hydrogen (secondary N) is 3. The molecule has 1 atom stereocenters. The van der Waals surface area contributed by atoms with E-state index < -0.39 is 22.0 Å². The molecule has 6 aromatic carbocycles. The number of benzene rings is 6. The summed E-state index contributed by atoms with van der Waals surface area (Å²) in [6, 6.07) is 45.3. The quantitative estimate of drug-likeness (QED) is 0.0484. The van der Waals surface area contributed by atoms with E-state index >= 15 is 0 Å². The zero-order valence-electron chi connectivity index (χ0n) is 28.9. The molecule has 1 heterocycles. The molecule has 7 rings (SSSR count). The Morgan fingerprint density at radius 2 is 1.33 bits per heavy atom. The maximum Gasteiger partial charge on any atom is 0.276 e. The lowest BCUT2D eigenvalue weighted by Gasteiger charge is -2.18. The van der Waals surface area contributed by atoms with E-state index in [1.54, 1.807) is 72.8 Å². The van der Waals surface area contributed by atoms with Gasteiger partial charge in [-0.2, -0.15) is 0 Å². The fraction of sp³-hybridized carbons (Fsp3) is 0.0233. The minimum absolute atomic E-state index is 0.141. The molecule has 0 saturated heterocycles. The van der Waals surface area contributed by atoms with Gasteiger partial charge in [-0.25, -0.2) is 4.98 Å². The number of rotatable bonds is 12. The molecule has 11 nitrogen and oxygen atoms in total. The fourth-order valence-corrected chi connectivity index (χ4v) is 6.65. The first-order valence-electron chi connectivity index (χ1n) is 17.0. The Balaban J connectivity index is 1.07. The van der Waals surface area contributed by atoms with E-state index in [1.807, 2.05) is 66.7 Å². The van der Waals surface area contributed by atoms with Crippen LogP contribution in [0.15, 0.2) is 173 Å². The lowest BCUT2D eigenvalue weighted by Crippen LogP contribution is -2.30. The monoisotopic (exact) mass is 745 g/mol. The molecule has 1 unspecified atom stereocenters. The number of thioether (sulfide) groups is 1. The summed E-state index contributed by atoms with van der Waals surface area (Å²) in [4.78, 5) is 56.8. The molecule has 0 bridgehead atoms. The molecular weight excluding hydrogens is 715 g/mol. The molecule has 0 radical (unpaired) electrons. The summed E-state index contributed by atoms with van der Waals surface area (Å²) in [5.41, 5.74) is 4.06. The van der Waals surface area contributed by atoms with Crippen LogP contribution in [0.4, 0.5) is 17.1 Å². The topological polar surface area (TPSA) is 156 Å². The van der Waals surface area contributed by atoms with E-state index in [4.69, 9.17) is 4.42 Å². The average Bonchev–Trinajstić information content (AvgIpc) is 3.66. The van der Waals surface area contributed by atoms with Crippen LogP contribution in [0.5, 0.6) is 0 Å². The van der Waals surface area contributed by atoms with Gasteiger partial charge in [0.1, 0.15) is 16.5 Å². The number of aromatic nitrogens is 1. The third kappa shape index (κ3) is 8.84. The van der Waals surface area contributed by atoms with Crippen LogP contribution in [0, 0.1) is 10.1 Å². The van der Waals surface area contributed by atoms with Crippen molar-refractivity contribution >= 4 is 63.7 Å². The number of hydrogen-bond donors (Lipinski definition) is 3. The van der Waals surface area contributed by atoms with Crippen LogP contribution in [-0.2, 0) is 9.59 Å². The van der Waals surface area contributed by atoms with Gasteiger partial charge in [-0.15, -0.1) is 11.8 Å². The highest BCUT2D eigenvalue weighted by Gasteiger charge is 2.23. The first-order valence-corrected chi connectivity index (χ1v) is 17.9. The summed E-state index contributed by atoms with van der Waals surface area (Å²) in [6.45, 7) is 0. The molecule has 7 aromatic rings. The second-order valence-electron chi connectivity index (χ2n) is 12.1. The van der Waals surface area contributed by atoms with Gasteiger partial charge in [-0.1, -0.05) is 72.8 Å². The first-order chi connectivity index (χ1) is 26.8. The summed E-state index contributed by atoms with van der Waals surface area (Å²) in [5, 5.41) is 19.5. The van der Waals surface area contributed by atoms with E-state index in [2.05, 4.69) is 20.9 Å². The van der Waals surface area contributed by atoms with Crippen LogP contribution in [0.1, 0.15) is 26.7 Å². The molecule has 0 saturated carbocycles. The molecule has 0 aliphatic carbocycles. The first kappa shape index (κ1) is 36.1. The highest BCUT2D eigenvalue weighted by Crippen LogP contribution is 2.37. The number of nitro groups is 1. The van der Waals surface area contributed by atoms with Gasteiger partial charge in [0.15, 0.2) is 5.58 Å². The molecule has 3 amide bonds. The molecule has 3 N–H and O–H groups in total. The zero-order valence-corrected chi connectivity index (χ0v) is 29.7. The van der Waals surface area contributed by atoms with E-state index in [9.17, 15) is 24.5 Å². The summed E-state index contributed by atoms with van der Waals surface area (Å²) in [5.74, 6) is -0.994. The lowest BCUT2D eigenvalue weighted by atomic mass is 10.1. The Labute approximate surface area is 319 Å². The number of nitrogens with zero attached hydrogens (tertiary/aromatic N) is 2. The number of carbonyl (C=O) groups is 3. The van der Waals surface area contributed by atoms with E-state index in [1.165, 1.54) is 36.0 Å². The van der Waals surface area contributed by atoms with Crippen molar-refractivity contribution in [3.8, 4) is 11.5 Å². The lowest BCUT2D eigenvalue weighted by molar-refractivity contribution is -0.385. The van der Waals surface area contributed by atoms with Crippen molar-refractivity contribution in [3.63, 3.8) is 0 Å². The minimum atomic E-state index is -0.688. The second-order valence-corrected chi connectivity index (χ2v) is 13.3. The van der Waals surface area contributed by atoms with Crippen molar-refractivity contribution in [2.75, 3.05) is 10.6 Å². The molecule has 12 heteroatoms. The molecule has 0 aliphatic heterocycles. The van der Waals surface area contributed by atoms with Gasteiger partial charge in [-0.05, 0) is 90.5 Å². The molecule has 55 heavy (non-hydrogen) atoms. The Hall–Kier alpha value is -7.31. The van der Waals surface area contributed by atoms with Gasteiger partial charge < -0.3 is 20.4 Å². The van der Waals surface area contributed by atoms with Gasteiger partial charge in [-0.3, -0.25) is 24.5 Å². The Bertz CT molecular complexity index is 2490. The van der Waals surface area contributed by atoms with Crippen molar-refractivity contribution in [1.29, 1.82) is 0 Å². The molecule has 0 spiro atoms. The van der Waals surface area contributed by atoms with Gasteiger partial charge >= 0.3 is 0 Å². The van der Waals surface area contributed by atoms with Crippen LogP contribution < -0.4 is 16.0 Å². The van der Waals surface area contributed by atoms with Crippen molar-refractivity contribution in [1.82, 2.24) is 10.3 Å². The van der Waals surface area contributed by atoms with Crippen LogP contribution in [0.3, 0.4) is 0 Å². The predicted octanol–water partition coefficient (Wildman–Crippen LogP) is 9.28. The number of amides is 3. The molecular formula is C43H31N5O6S. The van der Waals surface area contributed by atoms with Crippen LogP contribution >= 0.6 is 11.8 Å². The number of oxazole rings is 1. The van der Waals surface area contributed by atoms with Gasteiger partial charge in [0.2, 0.25) is 11.8 Å². The van der Waals surface area contributed by atoms with Gasteiger partial charge in [0.25, 0.3) is 17.5 Å². The maximum absolute atomic E-state index is 13.8. The fourth-order valence-electron chi connectivity index (χ4n) is 5.63. The van der Waals surface area contributed by atoms with Crippen molar-refractivity contribution in [2.24, 2.45) is 0 Å². The van der Waals surface area contributed by atoms with Crippen LogP contribution in [0.25, 0.3) is 28.6 Å². The Morgan fingerprint density at radius 3 is 2.04 bits per heavy atom. The Kier molecular flexibility index (Phi) is 10.9. The number of fused-ring (bicyclic) bond motifs is 1. The summed E-state index contributed by atoms with van der Waals surface area (Å²) < 4.78 is 5.88. The molecule has 270 valence electrons. The standard InChI is InChI=1S/C43H31N5O6S/c49-40(29-13-5-2-6-14-29)46-36(27-31-15-7-9-17-37(31)48(52)53)41(50)44-33-23-25-34(26-24-33)55-39(28-11-3-1-4-12-28)42(51)45-32-21-19-30(20-22-32)43-47-35-16-8-10-18-38(35)54-43/h1-27,39H,(H,44,50)(H,45,51)(H,46,49)/b36-27-. The van der Waals surface area contributed by atoms with E-state index in [-0.39, 0.29) is 22.9 Å². The number of para-hydroxylation sites is 3. The van der Waals surface area contributed by atoms with Gasteiger partial charge in [0.05, 0.1) is 10.5 Å². The smallest absolute Gasteiger partial charge is 0.276 e. The van der Waals surface area contributed by atoms with E-state index in [0.29, 0.717) is 28.4 Å². The summed E-state index contributed by atoms with van der Waals surface area (Å²) >= 11 is 1.34. The highest BCUT2D eigenvalue weighted by molar-refractivity contribution is 8.00. The van der Waals surface area contributed by atoms with Gasteiger partial charge in [0, 0.05) is 33.5 Å². The Morgan fingerprint density at radius 1 is 0.709 bits per heavy atom. The van der Waals surface area contributed by atoms with Crippen LogP contribution in [-0.4, -0.2) is 27.6 Å². The minimum Gasteiger partial charge on any atom is -0.436 e. The number of anilines is 2. The number of hydrogen-bond acceptors (Lipinski definition) is 8. The summed E-state index contributed by atoms with van der Waals surface area (Å²) in [6.07, 6.45) is 1.27. The molecule has 0 aliphatic rings. The SMILES string of the molecule is O=C(Nc1ccc(SC(C(=O)Nc2ccc(-c3nc4ccccc4o3)cc2)c2ccccc2)cc1)/C(=C/c1ccccc1[N+](=O)[O-])NC(=O)c1ccccc1. The predicted molar refractivity (Wildman–Crippen MR) is 213 cm³/mol. The molecule has 0 fully saturated rings. The van der Waals surface area contributed by atoms with Crippen molar-refractivity contribution in [3.05, 3.63) is 190 Å². The number of carbonyl (C=O) groups excluding carboxylic acids is 3. The number of nitro benzene ring substituents is 1. The zero-order chi connectivity index (χ0) is 38.1. The maximum atomic E-state index is 13.8. The third-order valence-electron chi connectivity index (χ3n) is 8.36.